The molecule has 1 aliphatic rings. The third-order valence-corrected chi connectivity index (χ3v) is 5.81. The SMILES string of the molecule is c1cc(OC2CCN(c3ncnc4nc[nH]c34)CC2)cc(-c2cccs2)c1. The Morgan fingerprint density at radius 1 is 1.07 bits per heavy atom. The smallest absolute Gasteiger partial charge is 0.182 e. The Bertz CT molecular complexity index is 1040. The van der Waals surface area contributed by atoms with E-state index in [1.165, 1.54) is 10.4 Å². The number of imidazole rings is 1. The molecule has 0 amide bonds. The van der Waals surface area contributed by atoms with E-state index in [0.717, 1.165) is 43.0 Å². The standard InChI is InChI=1S/C20H19N5OS/c1-3-14(17-5-2-10-27-17)11-16(4-1)26-15-6-8-25(9-7-15)20-18-19(22-12-21-18)23-13-24-20/h1-5,10-13,15H,6-9H2,(H,21,22,23,24). The van der Waals surface area contributed by atoms with Crippen LogP contribution in [-0.4, -0.2) is 39.1 Å². The number of benzene rings is 1. The van der Waals surface area contributed by atoms with Gasteiger partial charge in [-0.15, -0.1) is 11.3 Å². The predicted molar refractivity (Wildman–Crippen MR) is 107 cm³/mol. The minimum atomic E-state index is 0.221. The molecule has 0 bridgehead atoms. The van der Waals surface area contributed by atoms with E-state index in [2.05, 4.69) is 60.5 Å². The van der Waals surface area contributed by atoms with Gasteiger partial charge in [-0.25, -0.2) is 15.0 Å². The zero-order chi connectivity index (χ0) is 18.1. The van der Waals surface area contributed by atoms with E-state index in [1.54, 1.807) is 24.0 Å². The van der Waals surface area contributed by atoms with Gasteiger partial charge < -0.3 is 14.6 Å². The normalized spacial score (nSPS) is 15.3. The number of nitrogens with one attached hydrogen (secondary N) is 1. The van der Waals surface area contributed by atoms with Crippen LogP contribution in [0.1, 0.15) is 12.8 Å². The summed E-state index contributed by atoms with van der Waals surface area (Å²) in [4.78, 5) is 19.6. The summed E-state index contributed by atoms with van der Waals surface area (Å²) >= 11 is 1.75. The number of ether oxygens (including phenoxy) is 1. The number of hydrogen-bond donors (Lipinski definition) is 1. The Balaban J connectivity index is 1.26. The largest absolute Gasteiger partial charge is 0.490 e. The van der Waals surface area contributed by atoms with Crippen molar-refractivity contribution in [2.24, 2.45) is 0 Å². The minimum Gasteiger partial charge on any atom is -0.490 e. The topological polar surface area (TPSA) is 66.9 Å². The number of H-pyrrole nitrogens is 1. The van der Waals surface area contributed by atoms with E-state index in [4.69, 9.17) is 4.74 Å². The van der Waals surface area contributed by atoms with Crippen molar-refractivity contribution in [1.82, 2.24) is 19.9 Å². The number of thiophene rings is 1. The quantitative estimate of drug-likeness (QED) is 0.579. The van der Waals surface area contributed by atoms with Crippen LogP contribution >= 0.6 is 11.3 Å². The van der Waals surface area contributed by atoms with Gasteiger partial charge in [0.1, 0.15) is 23.7 Å². The molecule has 0 radical (unpaired) electrons. The summed E-state index contributed by atoms with van der Waals surface area (Å²) in [6, 6.07) is 12.6. The van der Waals surface area contributed by atoms with Crippen LogP contribution < -0.4 is 9.64 Å². The highest BCUT2D eigenvalue weighted by atomic mass is 32.1. The summed E-state index contributed by atoms with van der Waals surface area (Å²) < 4.78 is 6.28. The van der Waals surface area contributed by atoms with Gasteiger partial charge in [0.25, 0.3) is 0 Å². The lowest BCUT2D eigenvalue weighted by Gasteiger charge is -2.33. The highest BCUT2D eigenvalue weighted by Crippen LogP contribution is 2.30. The Morgan fingerprint density at radius 2 is 2.00 bits per heavy atom. The first-order valence-electron chi connectivity index (χ1n) is 9.06. The first-order chi connectivity index (χ1) is 13.4. The van der Waals surface area contributed by atoms with Crippen molar-refractivity contribution in [3.8, 4) is 16.2 Å². The molecule has 1 aliphatic heterocycles. The summed E-state index contributed by atoms with van der Waals surface area (Å²) in [5.41, 5.74) is 2.83. The van der Waals surface area contributed by atoms with Crippen LogP contribution in [-0.2, 0) is 0 Å². The van der Waals surface area contributed by atoms with Crippen molar-refractivity contribution in [3.63, 3.8) is 0 Å². The monoisotopic (exact) mass is 377 g/mol. The number of aromatic nitrogens is 4. The Hall–Kier alpha value is -2.93. The van der Waals surface area contributed by atoms with Crippen molar-refractivity contribution < 1.29 is 4.74 Å². The van der Waals surface area contributed by atoms with Crippen molar-refractivity contribution in [2.45, 2.75) is 18.9 Å². The molecule has 0 saturated carbocycles. The summed E-state index contributed by atoms with van der Waals surface area (Å²) in [5.74, 6) is 1.87. The summed E-state index contributed by atoms with van der Waals surface area (Å²) in [6.45, 7) is 1.81. The minimum absolute atomic E-state index is 0.221. The first-order valence-corrected chi connectivity index (χ1v) is 9.94. The van der Waals surface area contributed by atoms with Gasteiger partial charge in [0.15, 0.2) is 11.5 Å². The van der Waals surface area contributed by atoms with Gasteiger partial charge in [-0.2, -0.15) is 0 Å². The molecule has 1 fully saturated rings. The molecule has 0 unspecified atom stereocenters. The third kappa shape index (κ3) is 3.26. The molecule has 0 spiro atoms. The van der Waals surface area contributed by atoms with Crippen LogP contribution in [0.25, 0.3) is 21.6 Å². The molecule has 0 atom stereocenters. The van der Waals surface area contributed by atoms with E-state index < -0.39 is 0 Å². The van der Waals surface area contributed by atoms with Gasteiger partial charge in [0.05, 0.1) is 6.33 Å². The van der Waals surface area contributed by atoms with Gasteiger partial charge in [-0.05, 0) is 29.1 Å². The molecule has 27 heavy (non-hydrogen) atoms. The van der Waals surface area contributed by atoms with E-state index >= 15 is 0 Å². The van der Waals surface area contributed by atoms with Gasteiger partial charge in [-0.1, -0.05) is 18.2 Å². The van der Waals surface area contributed by atoms with Gasteiger partial charge in [-0.3, -0.25) is 0 Å². The maximum atomic E-state index is 6.28. The molecule has 1 aromatic carbocycles. The number of fused-ring (bicyclic) bond motifs is 1. The van der Waals surface area contributed by atoms with E-state index in [0.29, 0.717) is 5.65 Å². The summed E-state index contributed by atoms with van der Waals surface area (Å²) in [7, 11) is 0. The van der Waals surface area contributed by atoms with Crippen LogP contribution in [0.2, 0.25) is 0 Å². The van der Waals surface area contributed by atoms with E-state index in [1.807, 2.05) is 6.07 Å². The summed E-state index contributed by atoms with van der Waals surface area (Å²) in [6.07, 6.45) is 5.39. The van der Waals surface area contributed by atoms with Gasteiger partial charge in [0.2, 0.25) is 0 Å². The highest BCUT2D eigenvalue weighted by Gasteiger charge is 2.23. The molecule has 3 aromatic heterocycles. The van der Waals surface area contributed by atoms with Crippen molar-refractivity contribution in [1.29, 1.82) is 0 Å². The van der Waals surface area contributed by atoms with Crippen LogP contribution in [0.15, 0.2) is 54.4 Å². The molecule has 1 saturated heterocycles. The molecule has 1 N–H and O–H groups in total. The van der Waals surface area contributed by atoms with Crippen LogP contribution in [0, 0.1) is 0 Å². The maximum Gasteiger partial charge on any atom is 0.182 e. The number of hydrogen-bond acceptors (Lipinski definition) is 6. The molecule has 7 heteroatoms. The molecular formula is C20H19N5OS. The van der Waals surface area contributed by atoms with Crippen LogP contribution in [0.4, 0.5) is 5.82 Å². The van der Waals surface area contributed by atoms with Crippen LogP contribution in [0.5, 0.6) is 5.75 Å². The lowest BCUT2D eigenvalue weighted by Crippen LogP contribution is -2.38. The molecular weight excluding hydrogens is 358 g/mol. The number of aromatic amines is 1. The molecule has 136 valence electrons. The van der Waals surface area contributed by atoms with Crippen LogP contribution in [0.3, 0.4) is 0 Å². The van der Waals surface area contributed by atoms with E-state index in [9.17, 15) is 0 Å². The number of anilines is 1. The Kier molecular flexibility index (Phi) is 4.21. The molecule has 5 rings (SSSR count). The third-order valence-electron chi connectivity index (χ3n) is 4.89. The number of rotatable bonds is 4. The zero-order valence-electron chi connectivity index (χ0n) is 14.7. The maximum absolute atomic E-state index is 6.28. The summed E-state index contributed by atoms with van der Waals surface area (Å²) in [5, 5.41) is 2.10. The van der Waals surface area contributed by atoms with Gasteiger partial charge >= 0.3 is 0 Å². The Labute approximate surface area is 160 Å². The number of nitrogens with zero attached hydrogens (tertiary/aromatic N) is 4. The molecule has 6 nitrogen and oxygen atoms in total. The molecule has 4 aromatic rings. The second kappa shape index (κ2) is 7.00. The second-order valence-corrected chi connectivity index (χ2v) is 7.56. The first kappa shape index (κ1) is 16.3. The number of piperidine rings is 1. The molecule has 4 heterocycles. The fraction of sp³-hybridized carbons (Fsp3) is 0.250. The van der Waals surface area contributed by atoms with Gasteiger partial charge in [0, 0.05) is 30.8 Å². The van der Waals surface area contributed by atoms with Crippen molar-refractivity contribution in [2.75, 3.05) is 18.0 Å². The second-order valence-electron chi connectivity index (χ2n) is 6.61. The Morgan fingerprint density at radius 3 is 2.85 bits per heavy atom. The average molecular weight is 377 g/mol. The fourth-order valence-electron chi connectivity index (χ4n) is 3.54. The predicted octanol–water partition coefficient (Wildman–Crippen LogP) is 4.13. The van der Waals surface area contributed by atoms with Crippen molar-refractivity contribution in [3.05, 3.63) is 54.4 Å². The average Bonchev–Trinajstić information content (AvgIpc) is 3.41. The lowest BCUT2D eigenvalue weighted by molar-refractivity contribution is 0.171. The van der Waals surface area contributed by atoms with E-state index in [-0.39, 0.29) is 6.10 Å². The highest BCUT2D eigenvalue weighted by molar-refractivity contribution is 7.13. The lowest BCUT2D eigenvalue weighted by atomic mass is 10.1. The van der Waals surface area contributed by atoms with Crippen molar-refractivity contribution >= 4 is 28.3 Å². The fourth-order valence-corrected chi connectivity index (χ4v) is 4.26. The zero-order valence-corrected chi connectivity index (χ0v) is 15.5. The molecule has 0 aliphatic carbocycles.